The number of esters is 2. The monoisotopic (exact) mass is 710 g/mol. The summed E-state index contributed by atoms with van der Waals surface area (Å²) in [6, 6.07) is 11.9. The molecule has 6 rings (SSSR count). The number of ether oxygens (including phenoxy) is 4. The Morgan fingerprint density at radius 1 is 0.827 bits per heavy atom. The SMILES string of the molecule is CCOC(=O)CC1OB(O)c2cc(Oc3ccnc(C#N)n3)cc(C)c21.CCOC(=O)CC1OB(O)c2cc(Oc3ccnc(CN)n3)cc(C)c21. The number of carbonyl (C=O) groups excluding carboxylic acids is 2. The van der Waals surface area contributed by atoms with Gasteiger partial charge in [-0.25, -0.2) is 9.97 Å². The molecular formula is C34H36B2N6O10. The molecule has 0 fully saturated rings. The molecule has 0 radical (unpaired) electrons. The summed E-state index contributed by atoms with van der Waals surface area (Å²) in [4.78, 5) is 39.5. The van der Waals surface area contributed by atoms with E-state index in [1.54, 1.807) is 44.3 Å². The molecule has 4 heterocycles. The average molecular weight is 710 g/mol. The number of hydrogen-bond acceptors (Lipinski definition) is 16. The zero-order chi connectivity index (χ0) is 37.4. The molecule has 16 nitrogen and oxygen atoms in total. The zero-order valence-corrected chi connectivity index (χ0v) is 28.9. The Hall–Kier alpha value is -5.44. The minimum absolute atomic E-state index is 0.00162. The van der Waals surface area contributed by atoms with Crippen molar-refractivity contribution in [3.05, 3.63) is 82.7 Å². The molecule has 4 N–H and O–H groups in total. The molecule has 0 saturated carbocycles. The maximum Gasteiger partial charge on any atom is 0.492 e. The van der Waals surface area contributed by atoms with Gasteiger partial charge in [-0.3, -0.25) is 9.59 Å². The molecule has 0 saturated heterocycles. The molecular weight excluding hydrogens is 674 g/mol. The normalized spacial score (nSPS) is 15.5. The number of hydrogen-bond donors (Lipinski definition) is 3. The summed E-state index contributed by atoms with van der Waals surface area (Å²) in [5, 5.41) is 29.3. The van der Waals surface area contributed by atoms with Gasteiger partial charge in [0.2, 0.25) is 17.6 Å². The first-order valence-electron chi connectivity index (χ1n) is 16.4. The average Bonchev–Trinajstić information content (AvgIpc) is 3.60. The van der Waals surface area contributed by atoms with E-state index in [1.807, 2.05) is 26.0 Å². The molecule has 18 heteroatoms. The fraction of sp³-hybridized carbons (Fsp3) is 0.324. The second-order valence-electron chi connectivity index (χ2n) is 11.5. The standard InChI is InChI=1S/C17H20BN3O5.C17H16BN3O5/c2*1-3-24-16(22)8-13-17-10(2)6-11(7-12(17)18(23)26-13)25-15-4-5-20-14(9-19)21-15/h4-7,13,23H,3,8-9,19H2,1-2H3;4-7,13,23H,3,8H2,1-2H3. The first-order valence-corrected chi connectivity index (χ1v) is 16.4. The van der Waals surface area contributed by atoms with E-state index in [2.05, 4.69) is 19.9 Å². The van der Waals surface area contributed by atoms with Crippen LogP contribution in [0.5, 0.6) is 23.3 Å². The third-order valence-corrected chi connectivity index (χ3v) is 7.90. The Labute approximate surface area is 300 Å². The Morgan fingerprint density at radius 3 is 1.77 bits per heavy atom. The third kappa shape index (κ3) is 9.07. The zero-order valence-electron chi connectivity index (χ0n) is 28.9. The van der Waals surface area contributed by atoms with Crippen LogP contribution in [0.4, 0.5) is 0 Å². The van der Waals surface area contributed by atoms with Crippen molar-refractivity contribution in [3.8, 4) is 29.3 Å². The van der Waals surface area contributed by atoms with Crippen molar-refractivity contribution in [1.82, 2.24) is 19.9 Å². The fourth-order valence-electron chi connectivity index (χ4n) is 5.86. The van der Waals surface area contributed by atoms with Crippen LogP contribution in [0.25, 0.3) is 0 Å². The fourth-order valence-corrected chi connectivity index (χ4v) is 5.86. The molecule has 2 unspecified atom stereocenters. The first-order chi connectivity index (χ1) is 25.0. The van der Waals surface area contributed by atoms with E-state index in [9.17, 15) is 19.6 Å². The number of rotatable bonds is 11. The van der Waals surface area contributed by atoms with Crippen LogP contribution < -0.4 is 26.1 Å². The van der Waals surface area contributed by atoms with Crippen LogP contribution in [0.1, 0.15) is 72.8 Å². The minimum atomic E-state index is -1.16. The predicted molar refractivity (Wildman–Crippen MR) is 185 cm³/mol. The van der Waals surface area contributed by atoms with Gasteiger partial charge in [0.15, 0.2) is 0 Å². The molecule has 0 spiro atoms. The molecule has 0 amide bonds. The molecule has 2 aliphatic rings. The summed E-state index contributed by atoms with van der Waals surface area (Å²) in [7, 11) is -2.29. The van der Waals surface area contributed by atoms with Crippen LogP contribution in [0.15, 0.2) is 48.8 Å². The maximum atomic E-state index is 11.8. The van der Waals surface area contributed by atoms with E-state index in [0.717, 1.165) is 22.3 Å². The van der Waals surface area contributed by atoms with Gasteiger partial charge in [0.25, 0.3) is 0 Å². The van der Waals surface area contributed by atoms with E-state index in [1.165, 1.54) is 12.3 Å². The molecule has 2 aromatic heterocycles. The third-order valence-electron chi connectivity index (χ3n) is 7.90. The highest BCUT2D eigenvalue weighted by atomic mass is 16.6. The Morgan fingerprint density at radius 2 is 1.31 bits per heavy atom. The van der Waals surface area contributed by atoms with Crippen LogP contribution in [0, 0.1) is 25.2 Å². The number of carbonyl (C=O) groups is 2. The van der Waals surface area contributed by atoms with E-state index in [-0.39, 0.29) is 49.6 Å². The van der Waals surface area contributed by atoms with E-state index in [0.29, 0.717) is 40.7 Å². The maximum absolute atomic E-state index is 11.8. The molecule has 2 aromatic carbocycles. The van der Waals surface area contributed by atoms with Crippen LogP contribution in [0.2, 0.25) is 0 Å². The van der Waals surface area contributed by atoms with Gasteiger partial charge >= 0.3 is 26.2 Å². The Kier molecular flexibility index (Phi) is 12.5. The molecule has 0 bridgehead atoms. The van der Waals surface area contributed by atoms with Gasteiger partial charge in [0, 0.05) is 24.5 Å². The van der Waals surface area contributed by atoms with Crippen molar-refractivity contribution in [1.29, 1.82) is 5.26 Å². The summed E-state index contributed by atoms with van der Waals surface area (Å²) in [5.41, 5.74) is 9.82. The van der Waals surface area contributed by atoms with Crippen LogP contribution in [0.3, 0.4) is 0 Å². The number of benzene rings is 2. The quantitative estimate of drug-likeness (QED) is 0.149. The summed E-state index contributed by atoms with van der Waals surface area (Å²) in [6.45, 7) is 7.99. The van der Waals surface area contributed by atoms with Crippen LogP contribution in [-0.4, -0.2) is 69.4 Å². The Balaban J connectivity index is 0.000000201. The number of nitrogens with two attached hydrogens (primary N) is 1. The van der Waals surface area contributed by atoms with E-state index < -0.39 is 26.4 Å². The van der Waals surface area contributed by atoms with E-state index >= 15 is 0 Å². The molecule has 52 heavy (non-hydrogen) atoms. The van der Waals surface area contributed by atoms with Crippen molar-refractivity contribution < 1.29 is 47.9 Å². The summed E-state index contributed by atoms with van der Waals surface area (Å²) < 4.78 is 32.4. The summed E-state index contributed by atoms with van der Waals surface area (Å²) >= 11 is 0. The van der Waals surface area contributed by atoms with Crippen LogP contribution in [-0.2, 0) is 34.9 Å². The highest BCUT2D eigenvalue weighted by molar-refractivity contribution is 6.62. The minimum Gasteiger partial charge on any atom is -0.466 e. The topological polar surface area (TPSA) is 231 Å². The van der Waals surface area contributed by atoms with Gasteiger partial charge in [-0.2, -0.15) is 15.2 Å². The lowest BCUT2D eigenvalue weighted by molar-refractivity contribution is -0.146. The highest BCUT2D eigenvalue weighted by Crippen LogP contribution is 2.34. The van der Waals surface area contributed by atoms with Crippen molar-refractivity contribution in [2.45, 2.75) is 59.3 Å². The summed E-state index contributed by atoms with van der Waals surface area (Å²) in [6.07, 6.45) is 1.95. The molecule has 4 aromatic rings. The van der Waals surface area contributed by atoms with Gasteiger partial charge in [-0.1, -0.05) is 0 Å². The van der Waals surface area contributed by atoms with Crippen molar-refractivity contribution in [2.24, 2.45) is 5.73 Å². The molecule has 2 aliphatic heterocycles. The first kappa shape index (κ1) is 37.8. The summed E-state index contributed by atoms with van der Waals surface area (Å²) in [5.74, 6) is 1.22. The van der Waals surface area contributed by atoms with E-state index in [4.69, 9.17) is 39.3 Å². The molecule has 2 atom stereocenters. The van der Waals surface area contributed by atoms with Crippen molar-refractivity contribution >= 4 is 37.1 Å². The molecule has 268 valence electrons. The predicted octanol–water partition coefficient (Wildman–Crippen LogP) is 1.91. The van der Waals surface area contributed by atoms with Crippen molar-refractivity contribution in [2.75, 3.05) is 13.2 Å². The highest BCUT2D eigenvalue weighted by Gasteiger charge is 2.39. The van der Waals surface area contributed by atoms with Crippen LogP contribution >= 0.6 is 0 Å². The number of fused-ring (bicyclic) bond motifs is 2. The Bertz CT molecular complexity index is 1980. The van der Waals surface area contributed by atoms with Gasteiger partial charge < -0.3 is 44.0 Å². The lowest BCUT2D eigenvalue weighted by atomic mass is 9.77. The number of aryl methyl sites for hydroxylation is 2. The number of nitriles is 1. The lowest BCUT2D eigenvalue weighted by Gasteiger charge is -2.14. The largest absolute Gasteiger partial charge is 0.492 e. The molecule has 0 aliphatic carbocycles. The number of nitrogens with zero attached hydrogens (tertiary/aromatic N) is 5. The second-order valence-corrected chi connectivity index (χ2v) is 11.5. The lowest BCUT2D eigenvalue weighted by Crippen LogP contribution is -2.28. The smallest absolute Gasteiger partial charge is 0.466 e. The van der Waals surface area contributed by atoms with Gasteiger partial charge in [-0.15, -0.1) is 0 Å². The van der Waals surface area contributed by atoms with Gasteiger partial charge in [0.05, 0.1) is 44.8 Å². The van der Waals surface area contributed by atoms with Crippen molar-refractivity contribution in [3.63, 3.8) is 0 Å². The van der Waals surface area contributed by atoms with Gasteiger partial charge in [-0.05, 0) is 85.1 Å². The second kappa shape index (κ2) is 17.2. The number of aromatic nitrogens is 4. The van der Waals surface area contributed by atoms with Gasteiger partial charge in [0.1, 0.15) is 23.4 Å².